The van der Waals surface area contributed by atoms with Crippen LogP contribution in [0.5, 0.6) is 5.75 Å². The van der Waals surface area contributed by atoms with Gasteiger partial charge in [0.1, 0.15) is 25.0 Å². The highest BCUT2D eigenvalue weighted by Gasteiger charge is 2.01. The maximum atomic E-state index is 8.67. The number of ether oxygens (including phenoxy) is 1. The summed E-state index contributed by atoms with van der Waals surface area (Å²) in [7, 11) is 0. The van der Waals surface area contributed by atoms with Crippen LogP contribution in [0.15, 0.2) is 18.2 Å². The second kappa shape index (κ2) is 8.37. The molecular weight excluding hydrogens is 235 g/mol. The number of nitriles is 1. The molecule has 15 heavy (non-hydrogen) atoms. The second-order valence-corrected chi connectivity index (χ2v) is 2.86. The third kappa shape index (κ3) is 4.89. The monoisotopic (exact) mass is 247 g/mol. The number of rotatable bonds is 3. The van der Waals surface area contributed by atoms with Crippen LogP contribution in [0, 0.1) is 11.3 Å². The first kappa shape index (κ1) is 14.1. The fourth-order valence-corrected chi connectivity index (χ4v) is 1.03. The Kier molecular flexibility index (Phi) is 7.84. The van der Waals surface area contributed by atoms with Crippen molar-refractivity contribution >= 4 is 23.2 Å². The van der Waals surface area contributed by atoms with E-state index in [2.05, 4.69) is 17.3 Å². The molecule has 0 saturated carbocycles. The average Bonchev–Trinajstić information content (AvgIpc) is 2.30. The molecule has 3 nitrogen and oxygen atoms in total. The summed E-state index contributed by atoms with van der Waals surface area (Å²) < 4.78 is 5.28. The lowest BCUT2D eigenvalue weighted by Gasteiger charge is -2.03. The molecule has 1 aromatic carbocycles. The van der Waals surface area contributed by atoms with Gasteiger partial charge in [-0.25, -0.2) is 0 Å². The molecule has 0 saturated heterocycles. The van der Waals surface area contributed by atoms with E-state index in [1.165, 1.54) is 6.38 Å². The van der Waals surface area contributed by atoms with Crippen molar-refractivity contribution in [2.24, 2.45) is 0 Å². The molecule has 0 radical (unpaired) electrons. The Balaban J connectivity index is 0.000000921. The summed E-state index contributed by atoms with van der Waals surface area (Å²) in [5, 5.41) is 9.11. The van der Waals surface area contributed by atoms with Crippen molar-refractivity contribution in [3.05, 3.63) is 28.8 Å². The Bertz CT molecular complexity index is 337. The summed E-state index contributed by atoms with van der Waals surface area (Å²) >= 11 is 10.4. The van der Waals surface area contributed by atoms with Gasteiger partial charge in [-0.2, -0.15) is 5.26 Å². The highest BCUT2D eigenvalue weighted by Crippen LogP contribution is 2.20. The minimum atomic E-state index is 0.434. The van der Waals surface area contributed by atoms with E-state index < -0.39 is 0 Å². The number of hydrogen-bond donors (Lipinski definition) is 1. The SMILES string of the molecule is CCl.N#Cc1cc(OCC[NH3+])ccc1Cl. The quantitative estimate of drug-likeness (QED) is 0.827. The molecule has 0 atom stereocenters. The van der Waals surface area contributed by atoms with Crippen molar-refractivity contribution in [1.29, 1.82) is 5.26 Å². The number of quaternary nitrogens is 1. The van der Waals surface area contributed by atoms with Gasteiger partial charge in [0.25, 0.3) is 0 Å². The van der Waals surface area contributed by atoms with E-state index >= 15 is 0 Å². The van der Waals surface area contributed by atoms with Gasteiger partial charge in [0.2, 0.25) is 0 Å². The van der Waals surface area contributed by atoms with Crippen molar-refractivity contribution in [2.45, 2.75) is 0 Å². The first-order chi connectivity index (χ1) is 7.27. The Morgan fingerprint density at radius 3 is 2.67 bits per heavy atom. The molecule has 0 unspecified atom stereocenters. The van der Waals surface area contributed by atoms with Crippen molar-refractivity contribution in [3.63, 3.8) is 0 Å². The Morgan fingerprint density at radius 2 is 2.13 bits per heavy atom. The molecule has 0 aliphatic rings. The van der Waals surface area contributed by atoms with E-state index in [1.54, 1.807) is 18.2 Å². The fraction of sp³-hybridized carbons (Fsp3) is 0.300. The van der Waals surface area contributed by atoms with Crippen LogP contribution in [0.25, 0.3) is 0 Å². The lowest BCUT2D eigenvalue weighted by atomic mass is 10.2. The van der Waals surface area contributed by atoms with Gasteiger partial charge in [-0.05, 0) is 18.2 Å². The Hall–Kier alpha value is -0.950. The standard InChI is InChI=1S/C9H9ClN2O.CH3Cl/c10-9-2-1-8(13-4-3-11)5-7(9)6-12;1-2/h1-2,5H,3-4,11H2;1H3/p+1. The van der Waals surface area contributed by atoms with Gasteiger partial charge >= 0.3 is 0 Å². The normalized spacial score (nSPS) is 8.47. The van der Waals surface area contributed by atoms with Gasteiger partial charge in [-0.15, -0.1) is 11.6 Å². The molecule has 82 valence electrons. The first-order valence-electron chi connectivity index (χ1n) is 4.27. The number of halogens is 2. The third-order valence-electron chi connectivity index (χ3n) is 1.47. The van der Waals surface area contributed by atoms with Crippen LogP contribution < -0.4 is 10.5 Å². The zero-order valence-corrected chi connectivity index (χ0v) is 9.98. The van der Waals surface area contributed by atoms with Crippen LogP contribution in [0.3, 0.4) is 0 Å². The van der Waals surface area contributed by atoms with Crippen LogP contribution in [-0.2, 0) is 0 Å². The number of alkyl halides is 1. The molecule has 0 fully saturated rings. The molecule has 3 N–H and O–H groups in total. The van der Waals surface area contributed by atoms with Gasteiger partial charge in [0.15, 0.2) is 0 Å². The molecule has 0 spiro atoms. The van der Waals surface area contributed by atoms with Gasteiger partial charge in [-0.3, -0.25) is 0 Å². The predicted molar refractivity (Wildman–Crippen MR) is 61.2 cm³/mol. The molecule has 1 rings (SSSR count). The van der Waals surface area contributed by atoms with Crippen LogP contribution >= 0.6 is 23.2 Å². The number of hydrogen-bond acceptors (Lipinski definition) is 2. The lowest BCUT2D eigenvalue weighted by Crippen LogP contribution is -2.52. The molecule has 0 aromatic heterocycles. The summed E-state index contributed by atoms with van der Waals surface area (Å²) in [5.74, 6) is 0.657. The van der Waals surface area contributed by atoms with Crippen LogP contribution in [-0.4, -0.2) is 19.5 Å². The number of nitrogens with zero attached hydrogens (tertiary/aromatic N) is 1. The highest BCUT2D eigenvalue weighted by molar-refractivity contribution is 6.31. The van der Waals surface area contributed by atoms with Gasteiger partial charge in [0.05, 0.1) is 10.6 Å². The van der Waals surface area contributed by atoms with Crippen LogP contribution in [0.1, 0.15) is 5.56 Å². The van der Waals surface area contributed by atoms with Crippen molar-refractivity contribution < 1.29 is 10.5 Å². The van der Waals surface area contributed by atoms with Crippen molar-refractivity contribution in [2.75, 3.05) is 19.5 Å². The van der Waals surface area contributed by atoms with E-state index in [9.17, 15) is 0 Å². The molecule has 0 amide bonds. The second-order valence-electron chi connectivity index (χ2n) is 2.46. The van der Waals surface area contributed by atoms with Gasteiger partial charge in [-0.1, -0.05) is 11.6 Å². The average molecular weight is 248 g/mol. The Labute approximate surface area is 99.3 Å². The van der Waals surface area contributed by atoms with E-state index in [4.69, 9.17) is 21.6 Å². The summed E-state index contributed by atoms with van der Waals surface area (Å²) in [4.78, 5) is 0. The van der Waals surface area contributed by atoms with E-state index in [-0.39, 0.29) is 0 Å². The first-order valence-corrected chi connectivity index (χ1v) is 5.41. The van der Waals surface area contributed by atoms with Crippen LogP contribution in [0.4, 0.5) is 0 Å². The van der Waals surface area contributed by atoms with Gasteiger partial charge in [0, 0.05) is 6.38 Å². The van der Waals surface area contributed by atoms with Crippen molar-refractivity contribution in [1.82, 2.24) is 0 Å². The zero-order chi connectivity index (χ0) is 11.7. The minimum absolute atomic E-state index is 0.434. The molecule has 0 heterocycles. The summed E-state index contributed by atoms with van der Waals surface area (Å²) in [6.07, 6.45) is 1.47. The summed E-state index contributed by atoms with van der Waals surface area (Å²) in [6.45, 7) is 1.25. The van der Waals surface area contributed by atoms with Gasteiger partial charge < -0.3 is 10.5 Å². The van der Waals surface area contributed by atoms with E-state index in [0.717, 1.165) is 0 Å². The number of benzene rings is 1. The largest absolute Gasteiger partial charge is 0.488 e. The maximum Gasteiger partial charge on any atom is 0.137 e. The maximum absolute atomic E-state index is 8.67. The fourth-order valence-electron chi connectivity index (χ4n) is 0.870. The molecule has 0 aliphatic carbocycles. The summed E-state index contributed by atoms with van der Waals surface area (Å²) in [6, 6.07) is 6.99. The molecule has 5 heteroatoms. The molecular formula is C10H13Cl2N2O+. The highest BCUT2D eigenvalue weighted by atomic mass is 35.5. The van der Waals surface area contributed by atoms with E-state index in [1.807, 2.05) is 6.07 Å². The van der Waals surface area contributed by atoms with Crippen LogP contribution in [0.2, 0.25) is 5.02 Å². The molecule has 0 aliphatic heterocycles. The minimum Gasteiger partial charge on any atom is -0.488 e. The lowest BCUT2D eigenvalue weighted by molar-refractivity contribution is -0.370. The molecule has 1 aromatic rings. The van der Waals surface area contributed by atoms with E-state index in [0.29, 0.717) is 29.5 Å². The topological polar surface area (TPSA) is 60.7 Å². The predicted octanol–water partition coefficient (Wildman–Crippen LogP) is 1.69. The summed E-state index contributed by atoms with van der Waals surface area (Å²) in [5.41, 5.74) is 4.08. The zero-order valence-electron chi connectivity index (χ0n) is 8.46. The van der Waals surface area contributed by atoms with Crippen molar-refractivity contribution in [3.8, 4) is 11.8 Å². The Morgan fingerprint density at radius 1 is 1.47 bits per heavy atom. The third-order valence-corrected chi connectivity index (χ3v) is 1.80. The molecule has 0 bridgehead atoms. The smallest absolute Gasteiger partial charge is 0.137 e.